The molecule has 0 amide bonds. The molecule has 1 aromatic carbocycles. The molecule has 2 rings (SSSR count). The third-order valence-corrected chi connectivity index (χ3v) is 2.36. The molecule has 0 bridgehead atoms. The summed E-state index contributed by atoms with van der Waals surface area (Å²) in [5.41, 5.74) is 0.334. The molecule has 4 heteroatoms. The summed E-state index contributed by atoms with van der Waals surface area (Å²) >= 11 is 0. The fourth-order valence-corrected chi connectivity index (χ4v) is 1.48. The maximum atomic E-state index is 8.76. The molecule has 0 N–H and O–H groups in total. The predicted molar refractivity (Wildman–Crippen MR) is 71.3 cm³/mol. The quantitative estimate of drug-likeness (QED) is 0.819. The average molecular weight is 254 g/mol. The van der Waals surface area contributed by atoms with Gasteiger partial charge < -0.3 is 9.47 Å². The largest absolute Gasteiger partial charge is 0.494 e. The van der Waals surface area contributed by atoms with Crippen LogP contribution in [0, 0.1) is 11.3 Å². The van der Waals surface area contributed by atoms with E-state index in [1.165, 1.54) is 0 Å². The zero-order chi connectivity index (χ0) is 13.5. The molecule has 0 saturated heterocycles. The summed E-state index contributed by atoms with van der Waals surface area (Å²) in [5, 5.41) is 8.76. The molecule has 0 aliphatic heterocycles. The van der Waals surface area contributed by atoms with Gasteiger partial charge in [0.05, 0.1) is 6.61 Å². The van der Waals surface area contributed by atoms with E-state index in [-0.39, 0.29) is 0 Å². The lowest BCUT2D eigenvalue weighted by Crippen LogP contribution is -1.95. The van der Waals surface area contributed by atoms with Crippen molar-refractivity contribution in [1.82, 2.24) is 4.98 Å². The molecular formula is C15H14N2O2. The van der Waals surface area contributed by atoms with E-state index in [0.29, 0.717) is 23.9 Å². The summed E-state index contributed by atoms with van der Waals surface area (Å²) in [6, 6.07) is 14.4. The van der Waals surface area contributed by atoms with Crippen LogP contribution in [0.1, 0.15) is 19.0 Å². The van der Waals surface area contributed by atoms with Crippen LogP contribution in [0.15, 0.2) is 42.5 Å². The lowest BCUT2D eigenvalue weighted by molar-refractivity contribution is 0.317. The molecule has 4 nitrogen and oxygen atoms in total. The number of hydrogen-bond acceptors (Lipinski definition) is 4. The van der Waals surface area contributed by atoms with Crippen LogP contribution in [0.25, 0.3) is 0 Å². The molecule has 0 fully saturated rings. The Kier molecular flexibility index (Phi) is 4.35. The Balaban J connectivity index is 2.04. The van der Waals surface area contributed by atoms with Crippen LogP contribution in [-0.4, -0.2) is 11.6 Å². The van der Waals surface area contributed by atoms with E-state index in [1.807, 2.05) is 30.3 Å². The minimum Gasteiger partial charge on any atom is -0.494 e. The molecule has 2 aromatic rings. The molecule has 19 heavy (non-hydrogen) atoms. The van der Waals surface area contributed by atoms with E-state index < -0.39 is 0 Å². The molecule has 0 aliphatic rings. The van der Waals surface area contributed by atoms with Crippen LogP contribution in [0.5, 0.6) is 17.4 Å². The van der Waals surface area contributed by atoms with Crippen molar-refractivity contribution in [1.29, 1.82) is 5.26 Å². The summed E-state index contributed by atoms with van der Waals surface area (Å²) in [7, 11) is 0. The molecule has 1 heterocycles. The average Bonchev–Trinajstić information content (AvgIpc) is 2.47. The second-order valence-electron chi connectivity index (χ2n) is 3.89. The Morgan fingerprint density at radius 3 is 2.53 bits per heavy atom. The summed E-state index contributed by atoms with van der Waals surface area (Å²) in [6.07, 6.45) is 0.975. The fraction of sp³-hybridized carbons (Fsp3) is 0.200. The standard InChI is InChI=1S/C15H14N2O2/c1-2-10-18-13-6-8-14(9-7-13)19-15-5-3-4-12(11-16)17-15/h3-9H,2,10H2,1H3. The minimum absolute atomic E-state index is 0.334. The van der Waals surface area contributed by atoms with Gasteiger partial charge in [0.25, 0.3) is 0 Å². The second-order valence-corrected chi connectivity index (χ2v) is 3.89. The third-order valence-electron chi connectivity index (χ3n) is 2.36. The van der Waals surface area contributed by atoms with Crippen LogP contribution >= 0.6 is 0 Å². The van der Waals surface area contributed by atoms with Gasteiger partial charge in [-0.15, -0.1) is 0 Å². The number of hydrogen-bond donors (Lipinski definition) is 0. The van der Waals surface area contributed by atoms with Gasteiger partial charge in [-0.1, -0.05) is 13.0 Å². The van der Waals surface area contributed by atoms with E-state index in [9.17, 15) is 0 Å². The second kappa shape index (κ2) is 6.41. The Morgan fingerprint density at radius 2 is 1.84 bits per heavy atom. The lowest BCUT2D eigenvalue weighted by Gasteiger charge is -2.07. The van der Waals surface area contributed by atoms with Crippen molar-refractivity contribution in [3.05, 3.63) is 48.2 Å². The monoisotopic (exact) mass is 254 g/mol. The first-order chi connectivity index (χ1) is 9.31. The van der Waals surface area contributed by atoms with Gasteiger partial charge in [0.1, 0.15) is 23.3 Å². The van der Waals surface area contributed by atoms with Crippen LogP contribution in [0.2, 0.25) is 0 Å². The number of ether oxygens (including phenoxy) is 2. The van der Waals surface area contributed by atoms with E-state index in [1.54, 1.807) is 18.2 Å². The maximum absolute atomic E-state index is 8.76. The highest BCUT2D eigenvalue weighted by Crippen LogP contribution is 2.22. The summed E-state index contributed by atoms with van der Waals surface area (Å²) in [4.78, 5) is 4.04. The van der Waals surface area contributed by atoms with Crippen molar-refractivity contribution in [3.63, 3.8) is 0 Å². The molecule has 0 unspecified atom stereocenters. The van der Waals surface area contributed by atoms with E-state index >= 15 is 0 Å². The molecule has 0 aliphatic carbocycles. The van der Waals surface area contributed by atoms with Gasteiger partial charge in [0.15, 0.2) is 0 Å². The SMILES string of the molecule is CCCOc1ccc(Oc2cccc(C#N)n2)cc1. The maximum Gasteiger partial charge on any atom is 0.220 e. The molecule has 96 valence electrons. The van der Waals surface area contributed by atoms with Crippen molar-refractivity contribution in [2.45, 2.75) is 13.3 Å². The fourth-order valence-electron chi connectivity index (χ4n) is 1.48. The molecule has 0 saturated carbocycles. The zero-order valence-corrected chi connectivity index (χ0v) is 10.7. The van der Waals surface area contributed by atoms with Crippen molar-refractivity contribution >= 4 is 0 Å². The van der Waals surface area contributed by atoms with Gasteiger partial charge >= 0.3 is 0 Å². The lowest BCUT2D eigenvalue weighted by atomic mass is 10.3. The molecular weight excluding hydrogens is 240 g/mol. The van der Waals surface area contributed by atoms with Crippen molar-refractivity contribution in [2.24, 2.45) is 0 Å². The first-order valence-corrected chi connectivity index (χ1v) is 6.09. The Bertz CT molecular complexity index is 573. The van der Waals surface area contributed by atoms with Crippen molar-refractivity contribution in [3.8, 4) is 23.4 Å². The number of nitrogens with zero attached hydrogens (tertiary/aromatic N) is 2. The van der Waals surface area contributed by atoms with Gasteiger partial charge in [-0.05, 0) is 36.8 Å². The summed E-state index contributed by atoms with van der Waals surface area (Å²) in [5.74, 6) is 1.88. The highest BCUT2D eigenvalue weighted by molar-refractivity contribution is 5.34. The number of nitriles is 1. The van der Waals surface area contributed by atoms with Gasteiger partial charge in [0, 0.05) is 6.07 Å². The number of pyridine rings is 1. The molecule has 0 radical (unpaired) electrons. The molecule has 0 spiro atoms. The summed E-state index contributed by atoms with van der Waals surface area (Å²) < 4.78 is 11.0. The van der Waals surface area contributed by atoms with Crippen LogP contribution < -0.4 is 9.47 Å². The van der Waals surface area contributed by atoms with Gasteiger partial charge in [-0.25, -0.2) is 4.98 Å². The van der Waals surface area contributed by atoms with Crippen LogP contribution in [0.3, 0.4) is 0 Å². The Labute approximate surface area is 112 Å². The third kappa shape index (κ3) is 3.71. The predicted octanol–water partition coefficient (Wildman–Crippen LogP) is 3.53. The van der Waals surface area contributed by atoms with E-state index in [2.05, 4.69) is 11.9 Å². The first-order valence-electron chi connectivity index (χ1n) is 6.09. The smallest absolute Gasteiger partial charge is 0.220 e. The first kappa shape index (κ1) is 12.9. The number of aromatic nitrogens is 1. The highest BCUT2D eigenvalue weighted by atomic mass is 16.5. The number of benzene rings is 1. The zero-order valence-electron chi connectivity index (χ0n) is 10.7. The topological polar surface area (TPSA) is 55.1 Å². The molecule has 1 aromatic heterocycles. The van der Waals surface area contributed by atoms with E-state index in [0.717, 1.165) is 12.2 Å². The van der Waals surface area contributed by atoms with Crippen LogP contribution in [0.4, 0.5) is 0 Å². The Morgan fingerprint density at radius 1 is 1.11 bits per heavy atom. The van der Waals surface area contributed by atoms with E-state index in [4.69, 9.17) is 14.7 Å². The van der Waals surface area contributed by atoms with Gasteiger partial charge in [-0.3, -0.25) is 0 Å². The van der Waals surface area contributed by atoms with Crippen LogP contribution in [-0.2, 0) is 0 Å². The Hall–Kier alpha value is -2.54. The normalized spacial score (nSPS) is 9.68. The number of rotatable bonds is 5. The summed E-state index contributed by atoms with van der Waals surface area (Å²) in [6.45, 7) is 2.76. The molecule has 0 atom stereocenters. The highest BCUT2D eigenvalue weighted by Gasteiger charge is 2.01. The van der Waals surface area contributed by atoms with Crippen molar-refractivity contribution < 1.29 is 9.47 Å². The van der Waals surface area contributed by atoms with Gasteiger partial charge in [0.2, 0.25) is 5.88 Å². The minimum atomic E-state index is 0.334. The van der Waals surface area contributed by atoms with Crippen molar-refractivity contribution in [2.75, 3.05) is 6.61 Å². The van der Waals surface area contributed by atoms with Gasteiger partial charge in [-0.2, -0.15) is 5.26 Å².